The van der Waals surface area contributed by atoms with Gasteiger partial charge in [0.2, 0.25) is 0 Å². The molecule has 0 aromatic carbocycles. The number of ether oxygens (including phenoxy) is 1. The summed E-state index contributed by atoms with van der Waals surface area (Å²) in [5.41, 5.74) is 0.0495. The molecule has 0 radical (unpaired) electrons. The van der Waals surface area contributed by atoms with Crippen molar-refractivity contribution in [3.8, 4) is 0 Å². The number of amides is 1. The maximum Gasteiger partial charge on any atom is 0.409 e. The summed E-state index contributed by atoms with van der Waals surface area (Å²) in [4.78, 5) is 24.9. The number of hydrogen-bond acceptors (Lipinski definition) is 3. The van der Waals surface area contributed by atoms with Crippen molar-refractivity contribution in [1.82, 2.24) is 4.90 Å². The summed E-state index contributed by atoms with van der Waals surface area (Å²) >= 11 is 0. The van der Waals surface area contributed by atoms with Crippen molar-refractivity contribution in [3.05, 3.63) is 0 Å². The van der Waals surface area contributed by atoms with Crippen molar-refractivity contribution < 1.29 is 14.3 Å². The lowest BCUT2D eigenvalue weighted by Gasteiger charge is -2.24. The average molecular weight is 241 g/mol. The number of carbonyl (C=O) groups is 2. The van der Waals surface area contributed by atoms with Crippen molar-refractivity contribution >= 4 is 11.9 Å². The summed E-state index contributed by atoms with van der Waals surface area (Å²) in [7, 11) is 3.28. The fourth-order valence-electron chi connectivity index (χ4n) is 1.86. The topological polar surface area (TPSA) is 46.6 Å². The van der Waals surface area contributed by atoms with Gasteiger partial charge in [-0.1, -0.05) is 20.8 Å². The molecule has 0 N–H and O–H groups in total. The van der Waals surface area contributed by atoms with Gasteiger partial charge in [0.1, 0.15) is 12.4 Å². The summed E-state index contributed by atoms with van der Waals surface area (Å²) in [6.07, 6.45) is 1.72. The fourth-order valence-corrected chi connectivity index (χ4v) is 1.86. The van der Waals surface area contributed by atoms with Gasteiger partial charge in [-0.05, 0) is 18.3 Å². The van der Waals surface area contributed by atoms with Gasteiger partial charge in [-0.25, -0.2) is 4.79 Å². The van der Waals surface area contributed by atoms with E-state index >= 15 is 0 Å². The first-order valence-electron chi connectivity index (χ1n) is 6.16. The van der Waals surface area contributed by atoms with E-state index in [1.807, 2.05) is 13.8 Å². The number of hydrogen-bond donors (Lipinski definition) is 0. The average Bonchev–Trinajstić information content (AvgIpc) is 2.96. The van der Waals surface area contributed by atoms with Gasteiger partial charge < -0.3 is 9.64 Å². The summed E-state index contributed by atoms with van der Waals surface area (Å²) in [6, 6.07) is 0. The SMILES string of the molecule is CC(C)C(=O)[C@@H](COC(=O)N(C)C)C1(C)CC1. The van der Waals surface area contributed by atoms with Crippen LogP contribution in [0.4, 0.5) is 4.79 Å². The molecular weight excluding hydrogens is 218 g/mol. The van der Waals surface area contributed by atoms with E-state index in [4.69, 9.17) is 4.74 Å². The van der Waals surface area contributed by atoms with Gasteiger partial charge in [0.05, 0.1) is 5.92 Å². The van der Waals surface area contributed by atoms with Crippen LogP contribution < -0.4 is 0 Å². The molecule has 0 aliphatic heterocycles. The van der Waals surface area contributed by atoms with Crippen LogP contribution in [0.25, 0.3) is 0 Å². The number of carbonyl (C=O) groups excluding carboxylic acids is 2. The zero-order valence-electron chi connectivity index (χ0n) is 11.4. The lowest BCUT2D eigenvalue weighted by Crippen LogP contribution is -2.34. The van der Waals surface area contributed by atoms with Gasteiger partial charge in [-0.3, -0.25) is 4.79 Å². The second-order valence-corrected chi connectivity index (χ2v) is 5.74. The lowest BCUT2D eigenvalue weighted by atomic mass is 9.83. The predicted octanol–water partition coefficient (Wildman–Crippen LogP) is 2.33. The molecule has 1 amide bonds. The monoisotopic (exact) mass is 241 g/mol. The molecule has 1 saturated carbocycles. The lowest BCUT2D eigenvalue weighted by molar-refractivity contribution is -0.129. The van der Waals surface area contributed by atoms with Gasteiger partial charge in [0.15, 0.2) is 0 Å². The van der Waals surface area contributed by atoms with Gasteiger partial charge in [-0.15, -0.1) is 0 Å². The molecule has 0 bridgehead atoms. The maximum absolute atomic E-state index is 12.1. The summed E-state index contributed by atoms with van der Waals surface area (Å²) < 4.78 is 5.17. The van der Waals surface area contributed by atoms with Crippen molar-refractivity contribution in [1.29, 1.82) is 0 Å². The van der Waals surface area contributed by atoms with Crippen LogP contribution in [-0.4, -0.2) is 37.5 Å². The van der Waals surface area contributed by atoms with E-state index < -0.39 is 0 Å². The minimum atomic E-state index is -0.379. The molecule has 0 unspecified atom stereocenters. The smallest absolute Gasteiger partial charge is 0.409 e. The Morgan fingerprint density at radius 3 is 2.18 bits per heavy atom. The molecule has 1 atom stereocenters. The molecule has 1 aliphatic rings. The molecule has 0 spiro atoms. The van der Waals surface area contributed by atoms with Gasteiger partial charge >= 0.3 is 6.09 Å². The van der Waals surface area contributed by atoms with Crippen LogP contribution in [0, 0.1) is 17.3 Å². The molecule has 0 aromatic heterocycles. The van der Waals surface area contributed by atoms with E-state index in [1.165, 1.54) is 4.90 Å². The van der Waals surface area contributed by atoms with E-state index in [9.17, 15) is 9.59 Å². The summed E-state index contributed by atoms with van der Waals surface area (Å²) in [5.74, 6) is 0.0541. The van der Waals surface area contributed by atoms with Crippen molar-refractivity contribution in [2.75, 3.05) is 20.7 Å². The van der Waals surface area contributed by atoms with Crippen LogP contribution in [-0.2, 0) is 9.53 Å². The number of ketones is 1. The number of nitrogens with zero attached hydrogens (tertiary/aromatic N) is 1. The quantitative estimate of drug-likeness (QED) is 0.742. The highest BCUT2D eigenvalue weighted by atomic mass is 16.6. The van der Waals surface area contributed by atoms with Crippen molar-refractivity contribution in [2.45, 2.75) is 33.6 Å². The summed E-state index contributed by atoms with van der Waals surface area (Å²) in [5, 5.41) is 0. The Hall–Kier alpha value is -1.06. The third kappa shape index (κ3) is 3.45. The molecule has 1 fully saturated rings. The van der Waals surface area contributed by atoms with Crippen LogP contribution >= 0.6 is 0 Å². The molecule has 0 heterocycles. The Kier molecular flexibility index (Phi) is 4.17. The van der Waals surface area contributed by atoms with Gasteiger partial charge in [0.25, 0.3) is 0 Å². The number of rotatable bonds is 5. The van der Waals surface area contributed by atoms with Crippen LogP contribution in [0.1, 0.15) is 33.6 Å². The minimum absolute atomic E-state index is 0.00418. The van der Waals surface area contributed by atoms with E-state index in [0.717, 1.165) is 12.8 Å². The van der Waals surface area contributed by atoms with E-state index in [1.54, 1.807) is 14.1 Å². The second-order valence-electron chi connectivity index (χ2n) is 5.74. The van der Waals surface area contributed by atoms with Gasteiger partial charge in [0, 0.05) is 20.0 Å². The first-order valence-corrected chi connectivity index (χ1v) is 6.16. The predicted molar refractivity (Wildman–Crippen MR) is 65.7 cm³/mol. The first kappa shape index (κ1) is 14.0. The summed E-state index contributed by atoms with van der Waals surface area (Å²) in [6.45, 7) is 6.11. The zero-order chi connectivity index (χ0) is 13.2. The Balaban J connectivity index is 2.60. The molecule has 0 aromatic rings. The van der Waals surface area contributed by atoms with Crippen molar-refractivity contribution in [2.24, 2.45) is 17.3 Å². The largest absolute Gasteiger partial charge is 0.449 e. The van der Waals surface area contributed by atoms with Crippen molar-refractivity contribution in [3.63, 3.8) is 0 Å². The van der Waals surface area contributed by atoms with Crippen LogP contribution in [0.5, 0.6) is 0 Å². The third-order valence-corrected chi connectivity index (χ3v) is 3.53. The highest BCUT2D eigenvalue weighted by Gasteiger charge is 2.49. The molecule has 17 heavy (non-hydrogen) atoms. The Bertz CT molecular complexity index is 306. The normalized spacial score (nSPS) is 18.7. The Morgan fingerprint density at radius 2 is 1.82 bits per heavy atom. The van der Waals surface area contributed by atoms with Crippen LogP contribution in [0.2, 0.25) is 0 Å². The molecule has 1 rings (SSSR count). The van der Waals surface area contributed by atoms with Crippen LogP contribution in [0.3, 0.4) is 0 Å². The number of Topliss-reactive ketones (excluding diaryl/α,β-unsaturated/α-hetero) is 1. The Morgan fingerprint density at radius 1 is 1.29 bits per heavy atom. The zero-order valence-corrected chi connectivity index (χ0v) is 11.4. The third-order valence-electron chi connectivity index (χ3n) is 3.53. The second kappa shape index (κ2) is 5.07. The van der Waals surface area contributed by atoms with E-state index in [0.29, 0.717) is 0 Å². The van der Waals surface area contributed by atoms with E-state index in [-0.39, 0.29) is 35.7 Å². The molecular formula is C13H23NO3. The minimum Gasteiger partial charge on any atom is -0.449 e. The molecule has 4 heteroatoms. The first-order chi connectivity index (χ1) is 7.78. The highest BCUT2D eigenvalue weighted by Crippen LogP contribution is 2.52. The highest BCUT2D eigenvalue weighted by molar-refractivity contribution is 5.84. The van der Waals surface area contributed by atoms with Crippen LogP contribution in [0.15, 0.2) is 0 Å². The molecule has 98 valence electrons. The standard InChI is InChI=1S/C13H23NO3/c1-9(2)11(15)10(13(3)6-7-13)8-17-12(16)14(4)5/h9-10H,6-8H2,1-5H3/t10-/m1/s1. The molecule has 0 saturated heterocycles. The van der Waals surface area contributed by atoms with Gasteiger partial charge in [-0.2, -0.15) is 0 Å². The maximum atomic E-state index is 12.1. The van der Waals surface area contributed by atoms with E-state index in [2.05, 4.69) is 6.92 Å². The fraction of sp³-hybridized carbons (Fsp3) is 0.846. The Labute approximate surface area is 103 Å². The molecule has 1 aliphatic carbocycles. The molecule has 4 nitrogen and oxygen atoms in total.